The normalized spacial score (nSPS) is 11.0. The first-order valence-electron chi connectivity index (χ1n) is 7.64. The number of furan rings is 1. The Kier molecular flexibility index (Phi) is 5.27. The topological polar surface area (TPSA) is 91.6 Å². The highest BCUT2D eigenvalue weighted by molar-refractivity contribution is 7.80. The molecule has 0 saturated heterocycles. The van der Waals surface area contributed by atoms with E-state index in [1.54, 1.807) is 32.9 Å². The van der Waals surface area contributed by atoms with E-state index in [0.29, 0.717) is 17.0 Å². The van der Waals surface area contributed by atoms with Crippen LogP contribution in [0.4, 0.5) is 5.69 Å². The van der Waals surface area contributed by atoms with Crippen LogP contribution in [0.3, 0.4) is 0 Å². The summed E-state index contributed by atoms with van der Waals surface area (Å²) in [5.41, 5.74) is 1.66. The van der Waals surface area contributed by atoms with Gasteiger partial charge in [0, 0.05) is 11.0 Å². The van der Waals surface area contributed by atoms with E-state index in [4.69, 9.17) is 21.7 Å². The van der Waals surface area contributed by atoms with Crippen LogP contribution >= 0.6 is 12.2 Å². The summed E-state index contributed by atoms with van der Waals surface area (Å²) in [5, 5.41) is 14.8. The smallest absolute Gasteiger partial charge is 0.371 e. The fourth-order valence-electron chi connectivity index (χ4n) is 2.02. The third kappa shape index (κ3) is 4.67. The molecule has 2 aromatic rings. The van der Waals surface area contributed by atoms with Crippen LogP contribution in [0.15, 0.2) is 34.7 Å². The fourth-order valence-corrected chi connectivity index (χ4v) is 2.22. The fraction of sp³-hybridized carbons (Fsp3) is 0.278. The molecule has 0 unspecified atom stereocenters. The number of carbonyl (C=O) groups excluding carboxylic acids is 1. The molecule has 0 bridgehead atoms. The lowest BCUT2D eigenvalue weighted by Gasteiger charge is -2.19. The quantitative estimate of drug-likeness (QED) is 0.721. The molecule has 0 atom stereocenters. The number of benzene rings is 1. The van der Waals surface area contributed by atoms with E-state index in [2.05, 4.69) is 10.6 Å². The number of nitrogens with one attached hydrogen (secondary N) is 2. The molecule has 6 nitrogen and oxygen atoms in total. The Balaban J connectivity index is 2.28. The molecule has 132 valence electrons. The summed E-state index contributed by atoms with van der Waals surface area (Å²) in [4.78, 5) is 23.0. The van der Waals surface area contributed by atoms with Crippen molar-refractivity contribution in [2.45, 2.75) is 27.7 Å². The molecule has 1 amide bonds. The van der Waals surface area contributed by atoms with E-state index < -0.39 is 11.4 Å². The van der Waals surface area contributed by atoms with Gasteiger partial charge in [0.2, 0.25) is 11.7 Å². The number of aryl methyl sites for hydroxylation is 1. The van der Waals surface area contributed by atoms with Crippen LogP contribution in [0.1, 0.15) is 36.9 Å². The number of amides is 1. The summed E-state index contributed by atoms with van der Waals surface area (Å²) >= 11 is 5.21. The Morgan fingerprint density at radius 2 is 1.84 bits per heavy atom. The Bertz CT molecular complexity index is 834. The van der Waals surface area contributed by atoms with E-state index in [-0.39, 0.29) is 16.8 Å². The number of aromatic carboxylic acids is 1. The number of rotatable bonds is 3. The molecular weight excluding hydrogens is 340 g/mol. The highest BCUT2D eigenvalue weighted by Crippen LogP contribution is 2.30. The summed E-state index contributed by atoms with van der Waals surface area (Å²) in [6, 6.07) is 8.49. The molecule has 1 aromatic carbocycles. The molecule has 0 aliphatic rings. The average Bonchev–Trinajstić information content (AvgIpc) is 2.96. The van der Waals surface area contributed by atoms with Gasteiger partial charge < -0.3 is 20.2 Å². The Hall–Kier alpha value is -2.67. The summed E-state index contributed by atoms with van der Waals surface area (Å²) in [7, 11) is 0. The van der Waals surface area contributed by atoms with Gasteiger partial charge in [0.25, 0.3) is 0 Å². The molecular formula is C18H20N2O4S. The van der Waals surface area contributed by atoms with Gasteiger partial charge in [0.1, 0.15) is 5.76 Å². The number of hydrogen-bond acceptors (Lipinski definition) is 4. The largest absolute Gasteiger partial charge is 0.475 e. The number of carboxylic acids is 1. The first-order chi connectivity index (χ1) is 11.6. The zero-order valence-electron chi connectivity index (χ0n) is 14.5. The van der Waals surface area contributed by atoms with E-state index in [1.165, 1.54) is 6.07 Å². The maximum Gasteiger partial charge on any atom is 0.371 e. The van der Waals surface area contributed by atoms with Gasteiger partial charge in [-0.05, 0) is 49.0 Å². The second-order valence-electron chi connectivity index (χ2n) is 6.68. The predicted octanol–water partition coefficient (Wildman–Crippen LogP) is 3.81. The van der Waals surface area contributed by atoms with Crippen molar-refractivity contribution in [2.24, 2.45) is 5.41 Å². The van der Waals surface area contributed by atoms with Crippen LogP contribution in [-0.4, -0.2) is 22.1 Å². The van der Waals surface area contributed by atoms with Crippen LogP contribution < -0.4 is 10.6 Å². The number of carbonyl (C=O) groups is 2. The second kappa shape index (κ2) is 7.06. The summed E-state index contributed by atoms with van der Waals surface area (Å²) in [6.07, 6.45) is 0. The molecule has 7 heteroatoms. The number of anilines is 1. The SMILES string of the molecule is Cc1ccc(-c2ccc(C(=O)O)o2)c(NC(=S)NC(=O)C(C)(C)C)c1. The molecule has 0 radical (unpaired) electrons. The van der Waals surface area contributed by atoms with Gasteiger partial charge in [-0.2, -0.15) is 0 Å². The Morgan fingerprint density at radius 1 is 1.16 bits per heavy atom. The maximum absolute atomic E-state index is 12.0. The van der Waals surface area contributed by atoms with Gasteiger partial charge in [-0.3, -0.25) is 4.79 Å². The van der Waals surface area contributed by atoms with Crippen molar-refractivity contribution >= 4 is 34.9 Å². The Labute approximate surface area is 151 Å². The van der Waals surface area contributed by atoms with E-state index in [0.717, 1.165) is 5.56 Å². The van der Waals surface area contributed by atoms with E-state index >= 15 is 0 Å². The third-order valence-electron chi connectivity index (χ3n) is 3.41. The van der Waals surface area contributed by atoms with Crippen LogP contribution in [0.5, 0.6) is 0 Å². The average molecular weight is 360 g/mol. The van der Waals surface area contributed by atoms with Crippen molar-refractivity contribution in [2.75, 3.05) is 5.32 Å². The summed E-state index contributed by atoms with van der Waals surface area (Å²) in [5.74, 6) is -1.10. The van der Waals surface area contributed by atoms with Gasteiger partial charge in [-0.25, -0.2) is 4.79 Å². The molecule has 0 fully saturated rings. The molecule has 25 heavy (non-hydrogen) atoms. The molecule has 0 aliphatic carbocycles. The van der Waals surface area contributed by atoms with Gasteiger partial charge in [-0.1, -0.05) is 26.8 Å². The molecule has 2 rings (SSSR count). The van der Waals surface area contributed by atoms with Gasteiger partial charge in [-0.15, -0.1) is 0 Å². The lowest BCUT2D eigenvalue weighted by Crippen LogP contribution is -2.41. The number of thiocarbonyl (C=S) groups is 1. The third-order valence-corrected chi connectivity index (χ3v) is 3.62. The van der Waals surface area contributed by atoms with Crippen molar-refractivity contribution in [1.82, 2.24) is 5.32 Å². The van der Waals surface area contributed by atoms with Crippen molar-refractivity contribution in [3.63, 3.8) is 0 Å². The van der Waals surface area contributed by atoms with Gasteiger partial charge in [0.05, 0.1) is 5.69 Å². The van der Waals surface area contributed by atoms with E-state index in [9.17, 15) is 9.59 Å². The first-order valence-corrected chi connectivity index (χ1v) is 8.05. The maximum atomic E-state index is 12.0. The predicted molar refractivity (Wildman–Crippen MR) is 99.7 cm³/mol. The van der Waals surface area contributed by atoms with Gasteiger partial charge in [0.15, 0.2) is 5.11 Å². The zero-order chi connectivity index (χ0) is 18.8. The second-order valence-corrected chi connectivity index (χ2v) is 7.08. The summed E-state index contributed by atoms with van der Waals surface area (Å²) < 4.78 is 5.36. The zero-order valence-corrected chi connectivity index (χ0v) is 15.3. The Morgan fingerprint density at radius 3 is 2.40 bits per heavy atom. The standard InChI is InChI=1S/C18H20N2O4S/c1-10-5-6-11(13-7-8-14(24-13)15(21)22)12(9-10)19-17(25)20-16(23)18(2,3)4/h5-9H,1-4H3,(H,21,22)(H2,19,20,23,25). The van der Waals surface area contributed by atoms with Crippen molar-refractivity contribution < 1.29 is 19.1 Å². The van der Waals surface area contributed by atoms with Crippen LogP contribution in [0.25, 0.3) is 11.3 Å². The van der Waals surface area contributed by atoms with Crippen LogP contribution in [0, 0.1) is 12.3 Å². The highest BCUT2D eigenvalue weighted by Gasteiger charge is 2.22. The highest BCUT2D eigenvalue weighted by atomic mass is 32.1. The van der Waals surface area contributed by atoms with Crippen molar-refractivity contribution in [3.8, 4) is 11.3 Å². The molecule has 1 heterocycles. The number of carboxylic acid groups (broad SMARTS) is 1. The minimum Gasteiger partial charge on any atom is -0.475 e. The van der Waals surface area contributed by atoms with Crippen molar-refractivity contribution in [1.29, 1.82) is 0 Å². The molecule has 3 N–H and O–H groups in total. The summed E-state index contributed by atoms with van der Waals surface area (Å²) in [6.45, 7) is 7.29. The van der Waals surface area contributed by atoms with Gasteiger partial charge >= 0.3 is 5.97 Å². The molecule has 0 spiro atoms. The van der Waals surface area contributed by atoms with Crippen LogP contribution in [-0.2, 0) is 4.79 Å². The first kappa shape index (κ1) is 18.7. The van der Waals surface area contributed by atoms with Crippen molar-refractivity contribution in [3.05, 3.63) is 41.7 Å². The number of hydrogen-bond donors (Lipinski definition) is 3. The van der Waals surface area contributed by atoms with Crippen LogP contribution in [0.2, 0.25) is 0 Å². The molecule has 0 saturated carbocycles. The lowest BCUT2D eigenvalue weighted by molar-refractivity contribution is -0.126. The minimum atomic E-state index is -1.14. The monoisotopic (exact) mass is 360 g/mol. The lowest BCUT2D eigenvalue weighted by atomic mass is 9.96. The molecule has 0 aliphatic heterocycles. The minimum absolute atomic E-state index is 0.148. The molecule has 1 aromatic heterocycles. The van der Waals surface area contributed by atoms with E-state index in [1.807, 2.05) is 19.1 Å².